The minimum Gasteiger partial charge on any atom is -0.379 e. The van der Waals surface area contributed by atoms with Crippen LogP contribution in [0.1, 0.15) is 52.9 Å². The molecule has 0 spiro atoms. The Morgan fingerprint density at radius 1 is 1.42 bits per heavy atom. The minimum atomic E-state index is 0.154. The third-order valence-corrected chi connectivity index (χ3v) is 3.99. The number of nitrogens with two attached hydrogens (primary N) is 1. The molecule has 4 heteroatoms. The number of hydrogen-bond acceptors (Lipinski definition) is 3. The Hall–Kier alpha value is -0.610. The first-order valence-electron chi connectivity index (χ1n) is 7.50. The molecule has 2 unspecified atom stereocenters. The summed E-state index contributed by atoms with van der Waals surface area (Å²) in [5, 5.41) is 3.07. The zero-order valence-electron chi connectivity index (χ0n) is 12.7. The molecule has 3 N–H and O–H groups in total. The Morgan fingerprint density at radius 3 is 2.68 bits per heavy atom. The average molecular weight is 270 g/mol. The zero-order chi connectivity index (χ0) is 14.3. The van der Waals surface area contributed by atoms with Crippen LogP contribution >= 0.6 is 0 Å². The maximum Gasteiger partial charge on any atom is 0.220 e. The normalized spacial score (nSPS) is 22.0. The number of amides is 1. The largest absolute Gasteiger partial charge is 0.379 e. The molecule has 2 atom stereocenters. The predicted octanol–water partition coefficient (Wildman–Crippen LogP) is 2.07. The van der Waals surface area contributed by atoms with Gasteiger partial charge in [-0.25, -0.2) is 0 Å². The van der Waals surface area contributed by atoms with E-state index in [1.165, 1.54) is 0 Å². The smallest absolute Gasteiger partial charge is 0.220 e. The van der Waals surface area contributed by atoms with E-state index >= 15 is 0 Å². The predicted molar refractivity (Wildman–Crippen MR) is 77.8 cm³/mol. The topological polar surface area (TPSA) is 64.4 Å². The molecular formula is C15H30N2O2. The molecule has 0 radical (unpaired) electrons. The Bertz CT molecular complexity index is 268. The summed E-state index contributed by atoms with van der Waals surface area (Å²) in [6.07, 6.45) is 4.59. The highest BCUT2D eigenvalue weighted by atomic mass is 16.5. The summed E-state index contributed by atoms with van der Waals surface area (Å²) < 4.78 is 5.37. The summed E-state index contributed by atoms with van der Waals surface area (Å²) in [4.78, 5) is 11.9. The monoisotopic (exact) mass is 270 g/mol. The van der Waals surface area contributed by atoms with Crippen LogP contribution in [0.4, 0.5) is 0 Å². The molecule has 1 aliphatic heterocycles. The van der Waals surface area contributed by atoms with E-state index in [1.54, 1.807) is 0 Å². The van der Waals surface area contributed by atoms with Gasteiger partial charge in [0.15, 0.2) is 0 Å². The fourth-order valence-electron chi connectivity index (χ4n) is 2.67. The first-order valence-corrected chi connectivity index (χ1v) is 7.50. The molecule has 1 aliphatic rings. The Kier molecular flexibility index (Phi) is 6.80. The maximum absolute atomic E-state index is 11.9. The molecule has 19 heavy (non-hydrogen) atoms. The second-order valence-corrected chi connectivity index (χ2v) is 6.66. The van der Waals surface area contributed by atoms with Gasteiger partial charge in [0.2, 0.25) is 5.91 Å². The molecule has 0 aromatic heterocycles. The van der Waals surface area contributed by atoms with E-state index in [1.807, 2.05) is 0 Å². The van der Waals surface area contributed by atoms with Crippen molar-refractivity contribution in [3.05, 3.63) is 0 Å². The van der Waals surface area contributed by atoms with Crippen LogP contribution in [-0.4, -0.2) is 31.7 Å². The Labute approximate surface area is 117 Å². The molecular weight excluding hydrogens is 240 g/mol. The number of ether oxygens (including phenoxy) is 1. The quantitative estimate of drug-likeness (QED) is 0.776. The highest BCUT2D eigenvalue weighted by Gasteiger charge is 2.25. The van der Waals surface area contributed by atoms with Crippen molar-refractivity contribution in [3.63, 3.8) is 0 Å². The van der Waals surface area contributed by atoms with Crippen LogP contribution in [-0.2, 0) is 9.53 Å². The maximum atomic E-state index is 11.9. The lowest BCUT2D eigenvalue weighted by Crippen LogP contribution is -2.40. The summed E-state index contributed by atoms with van der Waals surface area (Å²) in [5.41, 5.74) is 5.88. The lowest BCUT2D eigenvalue weighted by molar-refractivity contribution is -0.123. The van der Waals surface area contributed by atoms with Crippen LogP contribution in [0.5, 0.6) is 0 Å². The van der Waals surface area contributed by atoms with Gasteiger partial charge in [0.05, 0.1) is 12.6 Å². The molecule has 1 fully saturated rings. The highest BCUT2D eigenvalue weighted by Crippen LogP contribution is 2.32. The van der Waals surface area contributed by atoms with Gasteiger partial charge < -0.3 is 15.8 Å². The van der Waals surface area contributed by atoms with Gasteiger partial charge in [0.25, 0.3) is 0 Å². The van der Waals surface area contributed by atoms with Gasteiger partial charge in [-0.05, 0) is 43.6 Å². The van der Waals surface area contributed by atoms with Crippen LogP contribution in [0.2, 0.25) is 0 Å². The van der Waals surface area contributed by atoms with E-state index in [2.05, 4.69) is 26.1 Å². The molecule has 0 aromatic carbocycles. The molecule has 0 aliphatic carbocycles. The van der Waals surface area contributed by atoms with Crippen LogP contribution in [0.3, 0.4) is 0 Å². The molecule has 1 saturated heterocycles. The molecule has 4 nitrogen and oxygen atoms in total. The van der Waals surface area contributed by atoms with E-state index in [4.69, 9.17) is 10.5 Å². The lowest BCUT2D eigenvalue weighted by Gasteiger charge is -2.30. The molecule has 0 saturated carbocycles. The summed E-state index contributed by atoms with van der Waals surface area (Å²) in [5.74, 6) is 0.660. The van der Waals surface area contributed by atoms with Crippen molar-refractivity contribution < 1.29 is 9.53 Å². The molecule has 112 valence electrons. The second-order valence-electron chi connectivity index (χ2n) is 6.66. The van der Waals surface area contributed by atoms with Gasteiger partial charge in [0.1, 0.15) is 0 Å². The lowest BCUT2D eigenvalue weighted by atomic mass is 9.76. The SMILES string of the molecule is CC(C)(C)C(CCN)CCC(=O)NC1CCCOC1. The van der Waals surface area contributed by atoms with E-state index in [-0.39, 0.29) is 17.4 Å². The van der Waals surface area contributed by atoms with Crippen molar-refractivity contribution in [2.45, 2.75) is 58.9 Å². The second kappa shape index (κ2) is 7.85. The van der Waals surface area contributed by atoms with E-state index in [0.29, 0.717) is 25.5 Å². The van der Waals surface area contributed by atoms with Crippen molar-refractivity contribution in [1.29, 1.82) is 0 Å². The molecule has 0 aromatic rings. The van der Waals surface area contributed by atoms with Crippen molar-refractivity contribution in [3.8, 4) is 0 Å². The number of hydrogen-bond donors (Lipinski definition) is 2. The van der Waals surface area contributed by atoms with Crippen LogP contribution in [0.15, 0.2) is 0 Å². The summed E-state index contributed by atoms with van der Waals surface area (Å²) in [6, 6.07) is 0.212. The van der Waals surface area contributed by atoms with Crippen molar-refractivity contribution in [2.75, 3.05) is 19.8 Å². The minimum absolute atomic E-state index is 0.154. The summed E-state index contributed by atoms with van der Waals surface area (Å²) in [6.45, 7) is 8.85. The van der Waals surface area contributed by atoms with Gasteiger partial charge in [-0.2, -0.15) is 0 Å². The van der Waals surface area contributed by atoms with E-state index in [0.717, 1.165) is 32.3 Å². The Morgan fingerprint density at radius 2 is 2.16 bits per heavy atom. The van der Waals surface area contributed by atoms with Crippen LogP contribution < -0.4 is 11.1 Å². The number of carbonyl (C=O) groups excluding carboxylic acids is 1. The van der Waals surface area contributed by atoms with Gasteiger partial charge in [-0.1, -0.05) is 20.8 Å². The third-order valence-electron chi connectivity index (χ3n) is 3.99. The Balaban J connectivity index is 2.30. The number of nitrogens with one attached hydrogen (secondary N) is 1. The molecule has 0 bridgehead atoms. The van der Waals surface area contributed by atoms with Gasteiger partial charge in [-0.15, -0.1) is 0 Å². The summed E-state index contributed by atoms with van der Waals surface area (Å²) >= 11 is 0. The molecule has 1 rings (SSSR count). The standard InChI is InChI=1S/C15H30N2O2/c1-15(2,3)12(8-9-16)6-7-14(18)17-13-5-4-10-19-11-13/h12-13H,4-11,16H2,1-3H3,(H,17,18). The van der Waals surface area contributed by atoms with Crippen LogP contribution in [0.25, 0.3) is 0 Å². The van der Waals surface area contributed by atoms with Gasteiger partial charge in [0, 0.05) is 13.0 Å². The first-order chi connectivity index (χ1) is 8.93. The molecule has 1 heterocycles. The fourth-order valence-corrected chi connectivity index (χ4v) is 2.67. The summed E-state index contributed by atoms with van der Waals surface area (Å²) in [7, 11) is 0. The average Bonchev–Trinajstić information content (AvgIpc) is 2.34. The molecule has 1 amide bonds. The zero-order valence-corrected chi connectivity index (χ0v) is 12.7. The highest BCUT2D eigenvalue weighted by molar-refractivity contribution is 5.76. The van der Waals surface area contributed by atoms with Crippen molar-refractivity contribution >= 4 is 5.91 Å². The third kappa shape index (κ3) is 6.39. The van der Waals surface area contributed by atoms with E-state index < -0.39 is 0 Å². The van der Waals surface area contributed by atoms with Crippen molar-refractivity contribution in [2.24, 2.45) is 17.1 Å². The van der Waals surface area contributed by atoms with Gasteiger partial charge >= 0.3 is 0 Å². The number of carbonyl (C=O) groups is 1. The fraction of sp³-hybridized carbons (Fsp3) is 0.933. The number of rotatable bonds is 6. The van der Waals surface area contributed by atoms with Crippen LogP contribution in [0, 0.1) is 11.3 Å². The van der Waals surface area contributed by atoms with Gasteiger partial charge in [-0.3, -0.25) is 4.79 Å². The first kappa shape index (κ1) is 16.4. The van der Waals surface area contributed by atoms with Crippen molar-refractivity contribution in [1.82, 2.24) is 5.32 Å². The van der Waals surface area contributed by atoms with E-state index in [9.17, 15) is 4.79 Å².